The Bertz CT molecular complexity index is 702. The summed E-state index contributed by atoms with van der Waals surface area (Å²) in [7, 11) is 1.62. The Labute approximate surface area is 141 Å². The number of benzene rings is 1. The Balaban J connectivity index is 1.67. The maximum atomic E-state index is 12.5. The highest BCUT2D eigenvalue weighted by atomic mass is 16.5. The van der Waals surface area contributed by atoms with Gasteiger partial charge in [-0.15, -0.1) is 0 Å². The van der Waals surface area contributed by atoms with Gasteiger partial charge in [0, 0.05) is 37.2 Å². The first kappa shape index (κ1) is 16.2. The molecule has 0 saturated carbocycles. The summed E-state index contributed by atoms with van der Waals surface area (Å²) in [5, 5.41) is 3.10. The molecule has 126 valence electrons. The Morgan fingerprint density at radius 1 is 1.33 bits per heavy atom. The van der Waals surface area contributed by atoms with Gasteiger partial charge in [-0.3, -0.25) is 4.79 Å². The maximum Gasteiger partial charge on any atom is 0.257 e. The van der Waals surface area contributed by atoms with Gasteiger partial charge in [-0.2, -0.15) is 0 Å². The second-order valence-corrected chi connectivity index (χ2v) is 6.15. The maximum absolute atomic E-state index is 12.5. The van der Waals surface area contributed by atoms with Crippen LogP contribution >= 0.6 is 0 Å². The van der Waals surface area contributed by atoms with Crippen molar-refractivity contribution >= 4 is 17.5 Å². The van der Waals surface area contributed by atoms with Gasteiger partial charge in [0.15, 0.2) is 0 Å². The molecule has 1 N–H and O–H groups in total. The van der Waals surface area contributed by atoms with Crippen LogP contribution in [0.2, 0.25) is 0 Å². The van der Waals surface area contributed by atoms with Gasteiger partial charge in [-0.05, 0) is 30.9 Å². The van der Waals surface area contributed by atoms with Crippen LogP contribution in [0.4, 0.5) is 11.6 Å². The fourth-order valence-electron chi connectivity index (χ4n) is 2.89. The number of ether oxygens (including phenoxy) is 1. The molecule has 1 aliphatic rings. The molecule has 0 spiro atoms. The van der Waals surface area contributed by atoms with Crippen molar-refractivity contribution in [2.45, 2.75) is 19.8 Å². The lowest BCUT2D eigenvalue weighted by atomic mass is 10.00. The number of aromatic nitrogens is 2. The highest BCUT2D eigenvalue weighted by Crippen LogP contribution is 2.20. The van der Waals surface area contributed by atoms with Gasteiger partial charge in [-0.25, -0.2) is 9.97 Å². The molecule has 1 fully saturated rings. The van der Waals surface area contributed by atoms with Crippen LogP contribution in [0.1, 0.15) is 30.1 Å². The number of nitrogens with one attached hydrogen (secondary N) is 1. The fourth-order valence-corrected chi connectivity index (χ4v) is 2.89. The lowest BCUT2D eigenvalue weighted by molar-refractivity contribution is 0.0682. The zero-order valence-corrected chi connectivity index (χ0v) is 14.0. The molecular formula is C18H22N4O2. The largest absolute Gasteiger partial charge is 0.497 e. The molecule has 0 bridgehead atoms. The van der Waals surface area contributed by atoms with Gasteiger partial charge in [0.05, 0.1) is 12.7 Å². The van der Waals surface area contributed by atoms with E-state index in [1.165, 1.54) is 6.42 Å². The first-order valence-corrected chi connectivity index (χ1v) is 8.18. The molecule has 1 unspecified atom stereocenters. The van der Waals surface area contributed by atoms with E-state index in [0.29, 0.717) is 17.4 Å². The quantitative estimate of drug-likeness (QED) is 0.935. The molecule has 0 aliphatic carbocycles. The fraction of sp³-hybridized carbons (Fsp3) is 0.389. The van der Waals surface area contributed by atoms with Crippen molar-refractivity contribution in [3.8, 4) is 5.75 Å². The molecule has 24 heavy (non-hydrogen) atoms. The van der Waals surface area contributed by atoms with Gasteiger partial charge < -0.3 is 15.0 Å². The van der Waals surface area contributed by atoms with E-state index in [4.69, 9.17) is 4.74 Å². The first-order chi connectivity index (χ1) is 11.7. The van der Waals surface area contributed by atoms with Crippen LogP contribution in [0, 0.1) is 5.92 Å². The zero-order chi connectivity index (χ0) is 16.9. The van der Waals surface area contributed by atoms with Crippen LogP contribution in [0.5, 0.6) is 5.75 Å². The minimum absolute atomic E-state index is 0.00878. The topological polar surface area (TPSA) is 67.3 Å². The molecule has 1 aromatic heterocycles. The third-order valence-corrected chi connectivity index (χ3v) is 4.17. The number of piperidine rings is 1. The Morgan fingerprint density at radius 2 is 2.12 bits per heavy atom. The van der Waals surface area contributed by atoms with E-state index in [2.05, 4.69) is 22.2 Å². The van der Waals surface area contributed by atoms with Crippen LogP contribution in [-0.4, -0.2) is 41.0 Å². The molecule has 2 heterocycles. The molecule has 1 amide bonds. The summed E-state index contributed by atoms with van der Waals surface area (Å²) >= 11 is 0. The van der Waals surface area contributed by atoms with Crippen molar-refractivity contribution in [1.82, 2.24) is 14.9 Å². The van der Waals surface area contributed by atoms with E-state index in [1.54, 1.807) is 19.5 Å². The number of hydrogen-bond donors (Lipinski definition) is 1. The Kier molecular flexibility index (Phi) is 4.93. The smallest absolute Gasteiger partial charge is 0.257 e. The average molecular weight is 326 g/mol. The predicted octanol–water partition coefficient (Wildman–Crippen LogP) is 3.10. The average Bonchev–Trinajstić information content (AvgIpc) is 2.62. The van der Waals surface area contributed by atoms with E-state index in [9.17, 15) is 4.79 Å². The molecule has 2 aromatic rings. The Morgan fingerprint density at radius 3 is 2.83 bits per heavy atom. The number of amides is 1. The zero-order valence-electron chi connectivity index (χ0n) is 14.0. The number of methoxy groups -OCH3 is 1. The van der Waals surface area contributed by atoms with Crippen LogP contribution in [0.15, 0.2) is 36.7 Å². The number of rotatable bonds is 4. The monoisotopic (exact) mass is 326 g/mol. The summed E-state index contributed by atoms with van der Waals surface area (Å²) < 4.78 is 5.19. The summed E-state index contributed by atoms with van der Waals surface area (Å²) in [6.07, 6.45) is 5.40. The van der Waals surface area contributed by atoms with E-state index in [-0.39, 0.29) is 5.91 Å². The molecular weight excluding hydrogens is 304 g/mol. The normalized spacial score (nSPS) is 17.4. The Hall–Kier alpha value is -2.63. The lowest BCUT2D eigenvalue weighted by Crippen LogP contribution is -2.39. The summed E-state index contributed by atoms with van der Waals surface area (Å²) in [4.78, 5) is 22.9. The van der Waals surface area contributed by atoms with Gasteiger partial charge in [0.1, 0.15) is 5.75 Å². The first-order valence-electron chi connectivity index (χ1n) is 8.18. The molecule has 6 nitrogen and oxygen atoms in total. The van der Waals surface area contributed by atoms with Gasteiger partial charge in [0.25, 0.3) is 5.91 Å². The highest BCUT2D eigenvalue weighted by Gasteiger charge is 2.22. The van der Waals surface area contributed by atoms with Crippen molar-refractivity contribution in [3.05, 3.63) is 42.2 Å². The second kappa shape index (κ2) is 7.29. The SMILES string of the molecule is COc1cccc(Nc2ncc(C(=O)N3CCCC(C)C3)cn2)c1. The third-order valence-electron chi connectivity index (χ3n) is 4.17. The number of likely N-dealkylation sites (tertiary alicyclic amines) is 1. The number of carbonyl (C=O) groups is 1. The number of nitrogens with zero attached hydrogens (tertiary/aromatic N) is 3. The van der Waals surface area contributed by atoms with E-state index in [1.807, 2.05) is 29.2 Å². The van der Waals surface area contributed by atoms with Crippen molar-refractivity contribution in [2.24, 2.45) is 5.92 Å². The van der Waals surface area contributed by atoms with E-state index >= 15 is 0 Å². The summed E-state index contributed by atoms with van der Waals surface area (Å²) in [6, 6.07) is 7.52. The van der Waals surface area contributed by atoms with Crippen LogP contribution in [0.3, 0.4) is 0 Å². The molecule has 1 aromatic carbocycles. The minimum Gasteiger partial charge on any atom is -0.497 e. The standard InChI is InChI=1S/C18H22N4O2/c1-13-5-4-8-22(12-13)17(23)14-10-19-18(20-11-14)21-15-6-3-7-16(9-15)24-2/h3,6-7,9-11,13H,4-5,8,12H2,1-2H3,(H,19,20,21). The lowest BCUT2D eigenvalue weighted by Gasteiger charge is -2.30. The molecule has 1 atom stereocenters. The van der Waals surface area contributed by atoms with Gasteiger partial charge in [-0.1, -0.05) is 13.0 Å². The third kappa shape index (κ3) is 3.82. The molecule has 1 aliphatic heterocycles. The van der Waals surface area contributed by atoms with Crippen LogP contribution in [0.25, 0.3) is 0 Å². The highest BCUT2D eigenvalue weighted by molar-refractivity contribution is 5.93. The summed E-state index contributed by atoms with van der Waals surface area (Å²) in [6.45, 7) is 3.80. The predicted molar refractivity (Wildman–Crippen MR) is 92.6 cm³/mol. The summed E-state index contributed by atoms with van der Waals surface area (Å²) in [5.41, 5.74) is 1.36. The van der Waals surface area contributed by atoms with Gasteiger partial charge >= 0.3 is 0 Å². The van der Waals surface area contributed by atoms with Crippen molar-refractivity contribution in [3.63, 3.8) is 0 Å². The number of carbonyl (C=O) groups excluding carboxylic acids is 1. The van der Waals surface area contributed by atoms with Crippen molar-refractivity contribution in [2.75, 3.05) is 25.5 Å². The second-order valence-electron chi connectivity index (χ2n) is 6.15. The molecule has 0 radical (unpaired) electrons. The number of hydrogen-bond acceptors (Lipinski definition) is 5. The minimum atomic E-state index is 0.00878. The number of anilines is 2. The van der Waals surface area contributed by atoms with Gasteiger partial charge in [0.2, 0.25) is 5.95 Å². The van der Waals surface area contributed by atoms with Crippen molar-refractivity contribution < 1.29 is 9.53 Å². The van der Waals surface area contributed by atoms with Crippen LogP contribution in [-0.2, 0) is 0 Å². The molecule has 6 heteroatoms. The van der Waals surface area contributed by atoms with E-state index in [0.717, 1.165) is 30.9 Å². The van der Waals surface area contributed by atoms with Crippen molar-refractivity contribution in [1.29, 1.82) is 0 Å². The van der Waals surface area contributed by atoms with E-state index < -0.39 is 0 Å². The molecule has 1 saturated heterocycles. The molecule has 3 rings (SSSR count). The summed E-state index contributed by atoms with van der Waals surface area (Å²) in [5.74, 6) is 1.77. The van der Waals surface area contributed by atoms with Crippen LogP contribution < -0.4 is 10.1 Å².